The van der Waals surface area contributed by atoms with Crippen LogP contribution in [0.4, 0.5) is 5.69 Å². The van der Waals surface area contributed by atoms with Gasteiger partial charge in [-0.25, -0.2) is 8.42 Å². The van der Waals surface area contributed by atoms with Crippen LogP contribution in [0.15, 0.2) is 47.4 Å². The van der Waals surface area contributed by atoms with Gasteiger partial charge < -0.3 is 9.47 Å². The third-order valence-corrected chi connectivity index (χ3v) is 5.52. The van der Waals surface area contributed by atoms with E-state index in [9.17, 15) is 8.42 Å². The Morgan fingerprint density at radius 3 is 2.72 bits per heavy atom. The van der Waals surface area contributed by atoms with Crippen LogP contribution in [0.1, 0.15) is 32.8 Å². The van der Waals surface area contributed by atoms with Crippen molar-refractivity contribution < 1.29 is 17.9 Å². The van der Waals surface area contributed by atoms with Gasteiger partial charge in [-0.05, 0) is 69.5 Å². The van der Waals surface area contributed by atoms with Crippen LogP contribution < -0.4 is 14.2 Å². The van der Waals surface area contributed by atoms with Gasteiger partial charge in [-0.2, -0.15) is 0 Å². The van der Waals surface area contributed by atoms with Gasteiger partial charge in [-0.15, -0.1) is 0 Å². The average Bonchev–Trinajstić information content (AvgIpc) is 2.55. The molecule has 0 amide bonds. The van der Waals surface area contributed by atoms with Crippen molar-refractivity contribution >= 4 is 15.7 Å². The number of fused-ring (bicyclic) bond motifs is 1. The number of para-hydroxylation sites is 2. The summed E-state index contributed by atoms with van der Waals surface area (Å²) < 4.78 is 39.6. The first-order valence-corrected chi connectivity index (χ1v) is 9.86. The molecular weight excluding hydrogens is 338 g/mol. The van der Waals surface area contributed by atoms with E-state index in [1.807, 2.05) is 20.8 Å². The monoisotopic (exact) mass is 361 g/mol. The zero-order valence-corrected chi connectivity index (χ0v) is 15.5. The van der Waals surface area contributed by atoms with Gasteiger partial charge in [0.05, 0.1) is 17.2 Å². The first kappa shape index (κ1) is 17.6. The summed E-state index contributed by atoms with van der Waals surface area (Å²) in [5, 5.41) is 0. The van der Waals surface area contributed by atoms with Crippen LogP contribution >= 0.6 is 0 Å². The third-order valence-electron chi connectivity index (χ3n) is 4.16. The summed E-state index contributed by atoms with van der Waals surface area (Å²) in [5.74, 6) is 1.27. The van der Waals surface area contributed by atoms with Crippen LogP contribution in [0.3, 0.4) is 0 Å². The molecule has 1 heterocycles. The molecule has 1 N–H and O–H groups in total. The van der Waals surface area contributed by atoms with E-state index in [0.29, 0.717) is 18.0 Å². The highest BCUT2D eigenvalue weighted by atomic mass is 32.2. The number of anilines is 1. The minimum Gasteiger partial charge on any atom is -0.492 e. The normalized spacial score (nSPS) is 15.8. The van der Waals surface area contributed by atoms with Crippen LogP contribution in [0, 0.1) is 0 Å². The fourth-order valence-corrected chi connectivity index (χ4v) is 3.96. The third kappa shape index (κ3) is 3.90. The number of hydrogen-bond donors (Lipinski definition) is 1. The first-order valence-electron chi connectivity index (χ1n) is 8.37. The largest absolute Gasteiger partial charge is 0.492 e. The molecule has 0 spiro atoms. The minimum absolute atomic E-state index is 0.220. The van der Waals surface area contributed by atoms with Crippen molar-refractivity contribution in [3.8, 4) is 11.5 Å². The van der Waals surface area contributed by atoms with Crippen molar-refractivity contribution in [2.45, 2.75) is 44.1 Å². The van der Waals surface area contributed by atoms with Crippen LogP contribution in [0.5, 0.6) is 11.5 Å². The fourth-order valence-electron chi connectivity index (χ4n) is 2.84. The van der Waals surface area contributed by atoms with Crippen molar-refractivity contribution in [2.75, 3.05) is 11.3 Å². The summed E-state index contributed by atoms with van der Waals surface area (Å²) in [4.78, 5) is 0.223. The second-order valence-corrected chi connectivity index (χ2v) is 8.35. The lowest BCUT2D eigenvalue weighted by Crippen LogP contribution is -2.32. The van der Waals surface area contributed by atoms with Gasteiger partial charge in [0.1, 0.15) is 17.1 Å². The van der Waals surface area contributed by atoms with E-state index in [1.54, 1.807) is 42.5 Å². The Morgan fingerprint density at radius 2 is 1.96 bits per heavy atom. The summed E-state index contributed by atoms with van der Waals surface area (Å²) >= 11 is 0. The summed E-state index contributed by atoms with van der Waals surface area (Å²) in [6, 6.07) is 12.0. The Balaban J connectivity index is 1.89. The Morgan fingerprint density at radius 1 is 1.20 bits per heavy atom. The number of aryl methyl sites for hydroxylation is 1. The Kier molecular flexibility index (Phi) is 4.64. The molecule has 1 aliphatic rings. The molecule has 134 valence electrons. The molecule has 0 fully saturated rings. The molecule has 2 aromatic carbocycles. The first-order chi connectivity index (χ1) is 11.8. The predicted molar refractivity (Wildman–Crippen MR) is 97.9 cm³/mol. The maximum absolute atomic E-state index is 12.8. The molecule has 0 saturated carbocycles. The molecule has 5 nitrogen and oxygen atoms in total. The summed E-state index contributed by atoms with van der Waals surface area (Å²) in [5.41, 5.74) is 1.13. The van der Waals surface area contributed by atoms with E-state index in [4.69, 9.17) is 9.47 Å². The Hall–Kier alpha value is -2.21. The molecule has 0 saturated heterocycles. The fraction of sp³-hybridized carbons (Fsp3) is 0.368. The molecular formula is C19H23NO4S. The smallest absolute Gasteiger partial charge is 0.262 e. The molecule has 0 aromatic heterocycles. The average molecular weight is 361 g/mol. The van der Waals surface area contributed by atoms with E-state index in [1.165, 1.54) is 0 Å². The maximum Gasteiger partial charge on any atom is 0.262 e. The van der Waals surface area contributed by atoms with Gasteiger partial charge in [0.15, 0.2) is 0 Å². The molecule has 0 unspecified atom stereocenters. The van der Waals surface area contributed by atoms with Crippen molar-refractivity contribution in [2.24, 2.45) is 0 Å². The molecule has 2 aromatic rings. The second kappa shape index (κ2) is 6.59. The zero-order valence-electron chi connectivity index (χ0n) is 14.7. The Bertz CT molecular complexity index is 875. The quantitative estimate of drug-likeness (QED) is 0.874. The van der Waals surface area contributed by atoms with E-state index >= 15 is 0 Å². The summed E-state index contributed by atoms with van der Waals surface area (Å²) in [6.07, 6.45) is 1.64. The highest BCUT2D eigenvalue weighted by Crippen LogP contribution is 2.35. The SMILES string of the molecule is CCOc1ccccc1NS(=O)(=O)c1ccc2c(c1)CCC(C)(C)O2. The number of sulfonamides is 1. The number of hydrogen-bond acceptors (Lipinski definition) is 4. The van der Waals surface area contributed by atoms with Crippen LogP contribution in [-0.4, -0.2) is 20.6 Å². The highest BCUT2D eigenvalue weighted by Gasteiger charge is 2.28. The molecule has 0 bridgehead atoms. The molecule has 0 radical (unpaired) electrons. The number of benzene rings is 2. The lowest BCUT2D eigenvalue weighted by atomic mass is 9.94. The standard InChI is InChI=1S/C19H23NO4S/c1-4-23-18-8-6-5-7-16(18)20-25(21,22)15-9-10-17-14(13-15)11-12-19(2,3)24-17/h5-10,13,20H,4,11-12H2,1-3H3. The Labute approximate surface area is 149 Å². The van der Waals surface area contributed by atoms with E-state index < -0.39 is 10.0 Å². The minimum atomic E-state index is -3.70. The topological polar surface area (TPSA) is 64.6 Å². The molecule has 1 aliphatic heterocycles. The van der Waals surface area contributed by atoms with E-state index in [0.717, 1.165) is 24.2 Å². The number of rotatable bonds is 5. The van der Waals surface area contributed by atoms with Crippen LogP contribution in [-0.2, 0) is 16.4 Å². The lowest BCUT2D eigenvalue weighted by Gasteiger charge is -2.32. The van der Waals surface area contributed by atoms with Crippen molar-refractivity contribution in [3.63, 3.8) is 0 Å². The predicted octanol–water partition coefficient (Wildman–Crippen LogP) is 3.99. The number of nitrogens with one attached hydrogen (secondary N) is 1. The van der Waals surface area contributed by atoms with Crippen molar-refractivity contribution in [1.29, 1.82) is 0 Å². The molecule has 25 heavy (non-hydrogen) atoms. The maximum atomic E-state index is 12.8. The van der Waals surface area contributed by atoms with Gasteiger partial charge >= 0.3 is 0 Å². The number of ether oxygens (including phenoxy) is 2. The van der Waals surface area contributed by atoms with E-state index in [-0.39, 0.29) is 10.5 Å². The highest BCUT2D eigenvalue weighted by molar-refractivity contribution is 7.92. The van der Waals surface area contributed by atoms with E-state index in [2.05, 4.69) is 4.72 Å². The van der Waals surface area contributed by atoms with Crippen LogP contribution in [0.25, 0.3) is 0 Å². The molecule has 0 atom stereocenters. The summed E-state index contributed by atoms with van der Waals surface area (Å²) in [7, 11) is -3.70. The van der Waals surface area contributed by atoms with Gasteiger partial charge in [-0.3, -0.25) is 4.72 Å². The second-order valence-electron chi connectivity index (χ2n) is 6.67. The summed E-state index contributed by atoms with van der Waals surface area (Å²) in [6.45, 7) is 6.39. The van der Waals surface area contributed by atoms with Crippen LogP contribution in [0.2, 0.25) is 0 Å². The molecule has 0 aliphatic carbocycles. The molecule has 6 heteroatoms. The van der Waals surface area contributed by atoms with Crippen molar-refractivity contribution in [3.05, 3.63) is 48.0 Å². The van der Waals surface area contributed by atoms with Gasteiger partial charge in [0.25, 0.3) is 10.0 Å². The lowest BCUT2D eigenvalue weighted by molar-refractivity contribution is 0.0845. The van der Waals surface area contributed by atoms with Gasteiger partial charge in [0, 0.05) is 0 Å². The van der Waals surface area contributed by atoms with Gasteiger partial charge in [0.2, 0.25) is 0 Å². The van der Waals surface area contributed by atoms with Crippen molar-refractivity contribution in [1.82, 2.24) is 0 Å². The van der Waals surface area contributed by atoms with Gasteiger partial charge in [-0.1, -0.05) is 12.1 Å². The zero-order chi connectivity index (χ0) is 18.1. The molecule has 3 rings (SSSR count).